The van der Waals surface area contributed by atoms with E-state index in [1.165, 1.54) is 11.8 Å². The topological polar surface area (TPSA) is 91.0 Å². The van der Waals surface area contributed by atoms with Crippen molar-refractivity contribution >= 4 is 28.5 Å². The fraction of sp³-hybridized carbons (Fsp3) is 0.600. The number of nitro groups is 1. The lowest BCUT2D eigenvalue weighted by atomic mass is 9.75. The van der Waals surface area contributed by atoms with E-state index in [1.807, 2.05) is 0 Å². The highest BCUT2D eigenvalue weighted by Crippen LogP contribution is 2.48. The molecule has 3 rings (SSSR count). The van der Waals surface area contributed by atoms with E-state index in [1.54, 1.807) is 20.8 Å². The Kier molecular flexibility index (Phi) is 6.47. The van der Waals surface area contributed by atoms with Crippen LogP contribution in [0.1, 0.15) is 39.2 Å². The third kappa shape index (κ3) is 4.80. The number of ether oxygens (including phenoxy) is 2. The summed E-state index contributed by atoms with van der Waals surface area (Å²) in [6.07, 6.45) is -0.429. The molecule has 0 bridgehead atoms. The highest BCUT2D eigenvalue weighted by molar-refractivity contribution is 8.14. The maximum absolute atomic E-state index is 14.9. The molecule has 0 saturated carbocycles. The van der Waals surface area contributed by atoms with E-state index in [9.17, 15) is 23.7 Å². The van der Waals surface area contributed by atoms with Crippen molar-refractivity contribution in [2.45, 2.75) is 50.9 Å². The number of rotatable bonds is 5. The molecule has 2 aliphatic heterocycles. The first-order chi connectivity index (χ1) is 14.0. The van der Waals surface area contributed by atoms with Gasteiger partial charge in [0, 0.05) is 29.4 Å². The summed E-state index contributed by atoms with van der Waals surface area (Å²) in [6.45, 7) is 4.46. The lowest BCUT2D eigenvalue weighted by molar-refractivity contribution is -0.385. The Hall–Kier alpha value is -2.07. The van der Waals surface area contributed by atoms with Crippen LogP contribution in [0.4, 0.5) is 14.5 Å². The van der Waals surface area contributed by atoms with Crippen molar-refractivity contribution in [1.29, 1.82) is 0 Å². The van der Waals surface area contributed by atoms with Crippen molar-refractivity contribution in [3.63, 3.8) is 0 Å². The van der Waals surface area contributed by atoms with Gasteiger partial charge in [0.05, 0.1) is 29.1 Å². The summed E-state index contributed by atoms with van der Waals surface area (Å²) in [7, 11) is 0. The lowest BCUT2D eigenvalue weighted by Gasteiger charge is -2.46. The van der Waals surface area contributed by atoms with E-state index in [0.717, 1.165) is 18.2 Å². The summed E-state index contributed by atoms with van der Waals surface area (Å²) in [5.41, 5.74) is -2.16. The van der Waals surface area contributed by atoms with Crippen LogP contribution in [0.5, 0.6) is 0 Å². The van der Waals surface area contributed by atoms with Gasteiger partial charge in [-0.1, -0.05) is 0 Å². The monoisotopic (exact) mass is 442 g/mol. The molecule has 2 aliphatic rings. The molecule has 30 heavy (non-hydrogen) atoms. The lowest BCUT2D eigenvalue weighted by Crippen LogP contribution is -2.50. The number of nitrogens with zero attached hydrogens (tertiary/aromatic N) is 2. The van der Waals surface area contributed by atoms with E-state index in [0.29, 0.717) is 17.2 Å². The number of halogens is 2. The van der Waals surface area contributed by atoms with E-state index in [-0.39, 0.29) is 30.2 Å². The average Bonchev–Trinajstić information content (AvgIpc) is 2.66. The second-order valence-electron chi connectivity index (χ2n) is 8.45. The Balaban J connectivity index is 2.02. The molecule has 0 aromatic heterocycles. The number of carbonyl (C=O) groups excluding carboxylic acids is 1. The summed E-state index contributed by atoms with van der Waals surface area (Å²) in [6, 6.07) is 3.28. The normalized spacial score (nSPS) is 26.5. The third-order valence-corrected chi connectivity index (χ3v) is 6.19. The molecular weight excluding hydrogens is 418 g/mol. The SMILES string of the molecule is CC(C)(C)OC(=O)CC1=N[C@@]2(c3cc([N+](=O)[O-])ccc3F)CO[C@@H](CF)C[C@H]2CS1. The molecular formula is C20H24F2N2O5S. The first kappa shape index (κ1) is 22.6. The van der Waals surface area contributed by atoms with Crippen LogP contribution < -0.4 is 0 Å². The Labute approximate surface area is 177 Å². The fourth-order valence-electron chi connectivity index (χ4n) is 3.74. The van der Waals surface area contributed by atoms with Gasteiger partial charge in [-0.2, -0.15) is 0 Å². The number of alkyl halides is 1. The van der Waals surface area contributed by atoms with Crippen LogP contribution in [0.15, 0.2) is 23.2 Å². The van der Waals surface area contributed by atoms with Crippen molar-refractivity contribution < 1.29 is 28.0 Å². The third-order valence-electron chi connectivity index (χ3n) is 5.05. The van der Waals surface area contributed by atoms with Crippen LogP contribution in [-0.4, -0.2) is 46.7 Å². The van der Waals surface area contributed by atoms with Gasteiger partial charge < -0.3 is 9.47 Å². The Bertz CT molecular complexity index is 873. The van der Waals surface area contributed by atoms with Gasteiger partial charge in [0.15, 0.2) is 0 Å². The van der Waals surface area contributed by atoms with Gasteiger partial charge in [-0.05, 0) is 33.3 Å². The minimum Gasteiger partial charge on any atom is -0.460 e. The van der Waals surface area contributed by atoms with Crippen molar-refractivity contribution in [1.82, 2.24) is 0 Å². The van der Waals surface area contributed by atoms with Crippen molar-refractivity contribution in [2.24, 2.45) is 10.9 Å². The molecule has 1 aromatic rings. The van der Waals surface area contributed by atoms with Crippen LogP contribution in [-0.2, 0) is 19.8 Å². The van der Waals surface area contributed by atoms with Crippen LogP contribution in [0.2, 0.25) is 0 Å². The first-order valence-corrected chi connectivity index (χ1v) is 10.6. The molecule has 7 nitrogen and oxygen atoms in total. The summed E-state index contributed by atoms with van der Waals surface area (Å²) in [5.74, 6) is -0.958. The van der Waals surface area contributed by atoms with Crippen LogP contribution in [0, 0.1) is 21.8 Å². The maximum Gasteiger partial charge on any atom is 0.312 e. The number of carbonyl (C=O) groups is 1. The number of aliphatic imine (C=N–C) groups is 1. The second kappa shape index (κ2) is 8.58. The van der Waals surface area contributed by atoms with E-state index < -0.39 is 40.6 Å². The predicted molar refractivity (Wildman–Crippen MR) is 109 cm³/mol. The van der Waals surface area contributed by atoms with Crippen molar-refractivity contribution in [2.75, 3.05) is 19.0 Å². The highest BCUT2D eigenvalue weighted by atomic mass is 32.2. The van der Waals surface area contributed by atoms with E-state index in [2.05, 4.69) is 4.99 Å². The molecule has 0 aliphatic carbocycles. The van der Waals surface area contributed by atoms with Gasteiger partial charge in [0.2, 0.25) is 0 Å². The number of hydrogen-bond acceptors (Lipinski definition) is 7. The second-order valence-corrected chi connectivity index (χ2v) is 9.54. The fourth-order valence-corrected chi connectivity index (χ4v) is 4.99. The maximum atomic E-state index is 14.9. The van der Waals surface area contributed by atoms with Crippen LogP contribution in [0.3, 0.4) is 0 Å². The molecule has 0 unspecified atom stereocenters. The van der Waals surface area contributed by atoms with Gasteiger partial charge in [0.25, 0.3) is 5.69 Å². The van der Waals surface area contributed by atoms with Crippen LogP contribution in [0.25, 0.3) is 0 Å². The van der Waals surface area contributed by atoms with Gasteiger partial charge >= 0.3 is 5.97 Å². The van der Waals surface area contributed by atoms with E-state index >= 15 is 0 Å². The number of fused-ring (bicyclic) bond motifs is 1. The molecule has 2 heterocycles. The van der Waals surface area contributed by atoms with Crippen LogP contribution >= 0.6 is 11.8 Å². The summed E-state index contributed by atoms with van der Waals surface area (Å²) < 4.78 is 39.0. The van der Waals surface area contributed by atoms with Gasteiger partial charge in [-0.25, -0.2) is 8.78 Å². The Morgan fingerprint density at radius 2 is 2.20 bits per heavy atom. The summed E-state index contributed by atoms with van der Waals surface area (Å²) in [5, 5.41) is 11.7. The summed E-state index contributed by atoms with van der Waals surface area (Å²) >= 11 is 1.34. The number of thioether (sulfide) groups is 1. The molecule has 3 atom stereocenters. The molecule has 10 heteroatoms. The van der Waals surface area contributed by atoms with Gasteiger partial charge in [-0.15, -0.1) is 11.8 Å². The number of non-ortho nitro benzene ring substituents is 1. The number of benzene rings is 1. The Morgan fingerprint density at radius 1 is 1.47 bits per heavy atom. The van der Waals surface area contributed by atoms with Gasteiger partial charge in [0.1, 0.15) is 23.6 Å². The molecule has 1 saturated heterocycles. The zero-order valence-electron chi connectivity index (χ0n) is 17.0. The minimum atomic E-state index is -1.26. The standard InChI is InChI=1S/C20H24F2N2O5S/c1-19(2,3)29-18(25)8-17-23-20(11-28-14(9-21)6-12(20)10-30-17)15-7-13(24(26)27)4-5-16(15)22/h4-5,7,12,14H,6,8-11H2,1-3H3/t12-,14+,20-/m0/s1. The molecule has 0 spiro atoms. The number of esters is 1. The first-order valence-electron chi connectivity index (χ1n) is 9.59. The zero-order chi connectivity index (χ0) is 22.1. The zero-order valence-corrected chi connectivity index (χ0v) is 17.8. The van der Waals surface area contributed by atoms with Crippen molar-refractivity contribution in [3.05, 3.63) is 39.7 Å². The molecule has 1 aromatic carbocycles. The number of hydrogen-bond donors (Lipinski definition) is 0. The predicted octanol–water partition coefficient (Wildman–Crippen LogP) is 4.18. The Morgan fingerprint density at radius 3 is 2.83 bits per heavy atom. The molecule has 1 fully saturated rings. The highest BCUT2D eigenvalue weighted by Gasteiger charge is 2.50. The minimum absolute atomic E-state index is 0.0287. The molecule has 0 amide bonds. The largest absolute Gasteiger partial charge is 0.460 e. The average molecular weight is 442 g/mol. The molecule has 0 N–H and O–H groups in total. The van der Waals surface area contributed by atoms with E-state index in [4.69, 9.17) is 9.47 Å². The number of nitro benzene ring substituents is 1. The van der Waals surface area contributed by atoms with Gasteiger partial charge in [-0.3, -0.25) is 19.9 Å². The van der Waals surface area contributed by atoms with Crippen molar-refractivity contribution in [3.8, 4) is 0 Å². The summed E-state index contributed by atoms with van der Waals surface area (Å²) in [4.78, 5) is 27.6. The molecule has 0 radical (unpaired) electrons. The molecule has 164 valence electrons. The quantitative estimate of drug-likeness (QED) is 0.386. The smallest absolute Gasteiger partial charge is 0.312 e.